The van der Waals surface area contributed by atoms with Crippen molar-refractivity contribution in [3.63, 3.8) is 0 Å². The number of aromatic nitrogens is 4. The van der Waals surface area contributed by atoms with E-state index in [4.69, 9.17) is 4.52 Å². The molecule has 0 aliphatic carbocycles. The summed E-state index contributed by atoms with van der Waals surface area (Å²) >= 11 is 0. The highest BCUT2D eigenvalue weighted by Crippen LogP contribution is 2.16. The maximum atomic E-state index is 12.6. The van der Waals surface area contributed by atoms with E-state index in [0.717, 1.165) is 31.2 Å². The molecule has 1 fully saturated rings. The number of aliphatic imine (C=N–C) groups is 1. The molecule has 0 radical (unpaired) electrons. The number of piperazine rings is 1. The Morgan fingerprint density at radius 1 is 1.39 bits per heavy atom. The SMILES string of the molecule is CCNC(=NCCCc1nc(C)no1)N1CCN(c2cnn(C)c2)C(=O)C1.I. The molecule has 0 saturated carbocycles. The zero-order valence-electron chi connectivity index (χ0n) is 16.5. The number of hydrogen-bond acceptors (Lipinski definition) is 6. The van der Waals surface area contributed by atoms with Gasteiger partial charge < -0.3 is 19.6 Å². The summed E-state index contributed by atoms with van der Waals surface area (Å²) in [6.07, 6.45) is 5.07. The topological polar surface area (TPSA) is 105 Å². The molecule has 1 N–H and O–H groups in total. The van der Waals surface area contributed by atoms with E-state index in [1.807, 2.05) is 25.1 Å². The van der Waals surface area contributed by atoms with Crippen molar-refractivity contribution in [2.75, 3.05) is 37.6 Å². The van der Waals surface area contributed by atoms with Crippen molar-refractivity contribution in [1.29, 1.82) is 0 Å². The number of guanidine groups is 1. The smallest absolute Gasteiger partial charge is 0.246 e. The summed E-state index contributed by atoms with van der Waals surface area (Å²) < 4.78 is 6.81. The third-order valence-corrected chi connectivity index (χ3v) is 4.24. The zero-order chi connectivity index (χ0) is 19.2. The summed E-state index contributed by atoms with van der Waals surface area (Å²) in [5.41, 5.74) is 0.832. The van der Waals surface area contributed by atoms with Gasteiger partial charge in [0.1, 0.15) is 6.54 Å². The number of carbonyl (C=O) groups excluding carboxylic acids is 1. The third kappa shape index (κ3) is 5.66. The van der Waals surface area contributed by atoms with Crippen molar-refractivity contribution in [1.82, 2.24) is 30.1 Å². The van der Waals surface area contributed by atoms with E-state index in [2.05, 4.69) is 25.5 Å². The maximum absolute atomic E-state index is 12.6. The quantitative estimate of drug-likeness (QED) is 0.272. The standard InChI is InChI=1S/C17H26N8O2.HI/c1-4-18-17(19-7-5-6-15-21-13(2)22-27-15)24-8-9-25(16(26)12-24)14-10-20-23(3)11-14;/h10-11H,4-9,12H2,1-3H3,(H,18,19);1H. The Balaban J connectivity index is 0.00000280. The highest BCUT2D eigenvalue weighted by Gasteiger charge is 2.27. The molecule has 3 heterocycles. The number of hydrogen-bond donors (Lipinski definition) is 1. The van der Waals surface area contributed by atoms with Gasteiger partial charge in [-0.05, 0) is 20.3 Å². The highest BCUT2D eigenvalue weighted by atomic mass is 127. The van der Waals surface area contributed by atoms with Gasteiger partial charge in [-0.15, -0.1) is 24.0 Å². The normalized spacial score (nSPS) is 15.0. The van der Waals surface area contributed by atoms with Crippen molar-refractivity contribution >= 4 is 41.5 Å². The van der Waals surface area contributed by atoms with Crippen LogP contribution in [0.5, 0.6) is 0 Å². The lowest BCUT2D eigenvalue weighted by atomic mass is 10.3. The van der Waals surface area contributed by atoms with Crippen LogP contribution in [-0.4, -0.2) is 69.4 Å². The second-order valence-corrected chi connectivity index (χ2v) is 6.41. The lowest BCUT2D eigenvalue weighted by Gasteiger charge is -2.35. The predicted molar refractivity (Wildman–Crippen MR) is 116 cm³/mol. The van der Waals surface area contributed by atoms with Crippen LogP contribution in [0.25, 0.3) is 0 Å². The van der Waals surface area contributed by atoms with Crippen molar-refractivity contribution in [2.24, 2.45) is 12.0 Å². The molecule has 1 saturated heterocycles. The summed E-state index contributed by atoms with van der Waals surface area (Å²) in [5, 5.41) is 11.2. The molecule has 1 amide bonds. The molecule has 2 aromatic heterocycles. The van der Waals surface area contributed by atoms with E-state index in [1.54, 1.807) is 22.7 Å². The first-order valence-electron chi connectivity index (χ1n) is 9.18. The van der Waals surface area contributed by atoms with Gasteiger partial charge in [0.25, 0.3) is 0 Å². The van der Waals surface area contributed by atoms with Crippen LogP contribution in [-0.2, 0) is 18.3 Å². The zero-order valence-corrected chi connectivity index (χ0v) is 18.8. The molecule has 3 rings (SSSR count). The second kappa shape index (κ2) is 10.4. The van der Waals surface area contributed by atoms with Crippen LogP contribution in [0.1, 0.15) is 25.1 Å². The summed E-state index contributed by atoms with van der Waals surface area (Å²) in [7, 11) is 1.84. The van der Waals surface area contributed by atoms with Gasteiger partial charge in [0.2, 0.25) is 11.8 Å². The Kier molecular flexibility index (Phi) is 8.20. The molecule has 0 bridgehead atoms. The molecule has 11 heteroatoms. The number of amides is 1. The van der Waals surface area contributed by atoms with Gasteiger partial charge in [-0.1, -0.05) is 5.16 Å². The Bertz CT molecular complexity index is 803. The number of nitrogens with one attached hydrogen (secondary N) is 1. The summed E-state index contributed by atoms with van der Waals surface area (Å²) in [4.78, 5) is 25.2. The first-order chi connectivity index (χ1) is 13.1. The van der Waals surface area contributed by atoms with Gasteiger partial charge in [-0.3, -0.25) is 14.5 Å². The van der Waals surface area contributed by atoms with Crippen LogP contribution in [0.15, 0.2) is 21.9 Å². The van der Waals surface area contributed by atoms with E-state index < -0.39 is 0 Å². The molecule has 2 aromatic rings. The number of rotatable bonds is 6. The van der Waals surface area contributed by atoms with Crippen molar-refractivity contribution < 1.29 is 9.32 Å². The lowest BCUT2D eigenvalue weighted by molar-refractivity contribution is -0.120. The molecular formula is C17H27IN8O2. The molecule has 1 aliphatic rings. The van der Waals surface area contributed by atoms with E-state index in [-0.39, 0.29) is 29.9 Å². The van der Waals surface area contributed by atoms with Crippen molar-refractivity contribution in [3.05, 3.63) is 24.1 Å². The Morgan fingerprint density at radius 2 is 2.21 bits per heavy atom. The van der Waals surface area contributed by atoms with Crippen LogP contribution in [0, 0.1) is 6.92 Å². The largest absolute Gasteiger partial charge is 0.357 e. The average Bonchev–Trinajstić information content (AvgIpc) is 3.26. The van der Waals surface area contributed by atoms with Gasteiger partial charge in [0.05, 0.1) is 11.9 Å². The maximum Gasteiger partial charge on any atom is 0.246 e. The fraction of sp³-hybridized carbons (Fsp3) is 0.588. The molecule has 0 atom stereocenters. The first-order valence-corrected chi connectivity index (χ1v) is 9.18. The molecule has 0 spiro atoms. The molecule has 10 nitrogen and oxygen atoms in total. The summed E-state index contributed by atoms with van der Waals surface area (Å²) in [5.74, 6) is 2.08. The molecule has 0 aromatic carbocycles. The van der Waals surface area contributed by atoms with Crippen LogP contribution in [0.2, 0.25) is 0 Å². The highest BCUT2D eigenvalue weighted by molar-refractivity contribution is 14.0. The Morgan fingerprint density at radius 3 is 2.82 bits per heavy atom. The van der Waals surface area contributed by atoms with Crippen LogP contribution < -0.4 is 10.2 Å². The summed E-state index contributed by atoms with van der Waals surface area (Å²) in [6, 6.07) is 0. The summed E-state index contributed by atoms with van der Waals surface area (Å²) in [6.45, 7) is 6.82. The molecule has 154 valence electrons. The van der Waals surface area contributed by atoms with E-state index >= 15 is 0 Å². The van der Waals surface area contributed by atoms with Gasteiger partial charge in [0, 0.05) is 45.8 Å². The van der Waals surface area contributed by atoms with Crippen LogP contribution >= 0.6 is 24.0 Å². The number of aryl methyl sites for hydroxylation is 3. The Hall–Kier alpha value is -2.18. The monoisotopic (exact) mass is 502 g/mol. The minimum absolute atomic E-state index is 0. The van der Waals surface area contributed by atoms with Gasteiger partial charge >= 0.3 is 0 Å². The number of carbonyl (C=O) groups is 1. The van der Waals surface area contributed by atoms with E-state index in [9.17, 15) is 4.79 Å². The van der Waals surface area contributed by atoms with Crippen LogP contribution in [0.4, 0.5) is 5.69 Å². The van der Waals surface area contributed by atoms with Crippen LogP contribution in [0.3, 0.4) is 0 Å². The molecular weight excluding hydrogens is 475 g/mol. The number of anilines is 1. The van der Waals surface area contributed by atoms with Gasteiger partial charge in [-0.25, -0.2) is 0 Å². The lowest BCUT2D eigenvalue weighted by Crippen LogP contribution is -2.55. The number of halogens is 1. The molecule has 1 aliphatic heterocycles. The fourth-order valence-corrected chi connectivity index (χ4v) is 2.96. The first kappa shape index (κ1) is 22.1. The van der Waals surface area contributed by atoms with E-state index in [1.165, 1.54) is 0 Å². The third-order valence-electron chi connectivity index (χ3n) is 4.24. The second-order valence-electron chi connectivity index (χ2n) is 6.41. The van der Waals surface area contributed by atoms with E-state index in [0.29, 0.717) is 37.8 Å². The van der Waals surface area contributed by atoms with Crippen molar-refractivity contribution in [3.8, 4) is 0 Å². The minimum Gasteiger partial charge on any atom is -0.357 e. The predicted octanol–water partition coefficient (Wildman–Crippen LogP) is 0.976. The average molecular weight is 502 g/mol. The van der Waals surface area contributed by atoms with Gasteiger partial charge in [0.15, 0.2) is 11.8 Å². The van der Waals surface area contributed by atoms with Crippen molar-refractivity contribution in [2.45, 2.75) is 26.7 Å². The fourth-order valence-electron chi connectivity index (χ4n) is 2.96. The number of nitrogens with zero attached hydrogens (tertiary/aromatic N) is 7. The minimum atomic E-state index is 0. The van der Waals surface area contributed by atoms with Gasteiger partial charge in [-0.2, -0.15) is 10.1 Å². The molecule has 0 unspecified atom stereocenters. The Labute approximate surface area is 181 Å². The molecule has 28 heavy (non-hydrogen) atoms.